The zero-order valence-corrected chi connectivity index (χ0v) is 24.2. The van der Waals surface area contributed by atoms with E-state index in [1.54, 1.807) is 0 Å². The molecule has 0 saturated carbocycles. The number of hydrogen-bond donors (Lipinski definition) is 1. The number of methoxy groups -OCH3 is 1. The fourth-order valence-electron chi connectivity index (χ4n) is 5.53. The van der Waals surface area contributed by atoms with Crippen molar-refractivity contribution in [3.05, 3.63) is 148 Å². The van der Waals surface area contributed by atoms with Crippen LogP contribution in [0.15, 0.2) is 115 Å². The first-order chi connectivity index (χ1) is 21.9. The first-order valence-electron chi connectivity index (χ1n) is 14.1. The summed E-state index contributed by atoms with van der Waals surface area (Å²) >= 11 is 0. The lowest BCUT2D eigenvalue weighted by atomic mass is 9.80. The molecule has 0 unspecified atom stereocenters. The molecule has 1 aliphatic heterocycles. The van der Waals surface area contributed by atoms with Crippen LogP contribution in [-0.2, 0) is 34.1 Å². The quantitative estimate of drug-likeness (QED) is 0.0803. The van der Waals surface area contributed by atoms with Crippen LogP contribution >= 0.6 is 0 Å². The molecule has 45 heavy (non-hydrogen) atoms. The monoisotopic (exact) mass is 613 g/mol. The molecule has 5 rings (SSSR count). The number of rotatable bonds is 12. The van der Waals surface area contributed by atoms with Crippen LogP contribution in [0.25, 0.3) is 0 Å². The minimum absolute atomic E-state index is 0.109. The van der Waals surface area contributed by atoms with E-state index in [-0.39, 0.29) is 18.6 Å². The zero-order valence-electron chi connectivity index (χ0n) is 24.2. The van der Waals surface area contributed by atoms with E-state index >= 15 is 0 Å². The highest BCUT2D eigenvalue weighted by Crippen LogP contribution is 2.41. The molecule has 1 fully saturated rings. The maximum absolute atomic E-state index is 13.1. The van der Waals surface area contributed by atoms with Gasteiger partial charge >= 0.3 is 5.97 Å². The Balaban J connectivity index is 1.47. The number of aliphatic hydroxyl groups is 1. The molecule has 1 aliphatic rings. The summed E-state index contributed by atoms with van der Waals surface area (Å²) in [4.78, 5) is 35.4. The Bertz CT molecular complexity index is 1490. The van der Waals surface area contributed by atoms with Crippen LogP contribution in [0, 0.1) is 10.1 Å². The summed E-state index contributed by atoms with van der Waals surface area (Å²) in [5.74, 6) is -1.09. The molecular formula is C34H31NO10. The number of carbonyl (C=O) groups is 2. The normalized spacial score (nSPS) is 21.4. The van der Waals surface area contributed by atoms with Gasteiger partial charge in [0.25, 0.3) is 12.2 Å². The van der Waals surface area contributed by atoms with Gasteiger partial charge in [-0.05, 0) is 22.8 Å². The second kappa shape index (κ2) is 14.2. The van der Waals surface area contributed by atoms with Gasteiger partial charge in [-0.1, -0.05) is 103 Å². The van der Waals surface area contributed by atoms with Gasteiger partial charge in [-0.15, -0.1) is 0 Å². The number of aliphatic hydroxyl groups excluding tert-OH is 1. The molecule has 0 aliphatic carbocycles. The maximum atomic E-state index is 13.1. The van der Waals surface area contributed by atoms with Gasteiger partial charge in [0.15, 0.2) is 18.5 Å². The molecule has 5 atom stereocenters. The Morgan fingerprint density at radius 2 is 1.38 bits per heavy atom. The highest BCUT2D eigenvalue weighted by atomic mass is 16.7. The average Bonchev–Trinajstić information content (AvgIpc) is 3.08. The lowest BCUT2D eigenvalue weighted by Gasteiger charge is -2.44. The van der Waals surface area contributed by atoms with Crippen LogP contribution in [0.4, 0.5) is 5.69 Å². The number of nitrogens with zero attached hydrogens (tertiary/aromatic N) is 1. The number of nitro groups is 1. The van der Waals surface area contributed by atoms with E-state index < -0.39 is 52.9 Å². The molecule has 1 saturated heterocycles. The molecule has 0 radical (unpaired) electrons. The predicted octanol–water partition coefficient (Wildman–Crippen LogP) is 4.40. The van der Waals surface area contributed by atoms with Crippen LogP contribution in [0.5, 0.6) is 0 Å². The van der Waals surface area contributed by atoms with Gasteiger partial charge in [-0.25, -0.2) is 4.79 Å². The van der Waals surface area contributed by atoms with Gasteiger partial charge < -0.3 is 28.8 Å². The summed E-state index contributed by atoms with van der Waals surface area (Å²) in [5.41, 5.74) is 0.479. The average molecular weight is 614 g/mol. The van der Waals surface area contributed by atoms with Crippen molar-refractivity contribution in [3.8, 4) is 0 Å². The standard InChI is InChI=1S/C34H31NO10/c1-41-33-31(45-32(38)26-19-11-12-20-27(26)35(39)40)30(42-22-36)29(37)28(44-33)21-43-34(23-13-5-2-6-14-23,24-15-7-3-8-16-24)25-17-9-4-10-18-25/h2-20,22,28-31,33,37H,21H2,1H3/t28-,29-,30+,31-,33+/m1/s1. The van der Waals surface area contributed by atoms with Gasteiger partial charge in [0, 0.05) is 13.2 Å². The number of benzene rings is 4. The van der Waals surface area contributed by atoms with Crippen molar-refractivity contribution in [1.82, 2.24) is 0 Å². The third kappa shape index (κ3) is 6.47. The van der Waals surface area contributed by atoms with Crippen molar-refractivity contribution < 1.29 is 43.3 Å². The van der Waals surface area contributed by atoms with E-state index in [4.69, 9.17) is 23.7 Å². The Labute approximate surface area is 259 Å². The number of carbonyl (C=O) groups excluding carboxylic acids is 2. The van der Waals surface area contributed by atoms with Crippen LogP contribution < -0.4 is 0 Å². The number of nitro benzene ring substituents is 1. The Morgan fingerprint density at radius 1 is 0.867 bits per heavy atom. The molecule has 0 aromatic heterocycles. The number of hydrogen-bond acceptors (Lipinski definition) is 10. The highest BCUT2D eigenvalue weighted by Gasteiger charge is 2.51. The minimum Gasteiger partial charge on any atom is -0.458 e. The highest BCUT2D eigenvalue weighted by molar-refractivity contribution is 5.94. The van der Waals surface area contributed by atoms with Gasteiger partial charge in [0.1, 0.15) is 23.4 Å². The van der Waals surface area contributed by atoms with Crippen molar-refractivity contribution in [2.24, 2.45) is 0 Å². The molecule has 0 bridgehead atoms. The Hall–Kier alpha value is -4.94. The molecule has 0 spiro atoms. The van der Waals surface area contributed by atoms with Crippen LogP contribution in [-0.4, -0.2) is 66.9 Å². The summed E-state index contributed by atoms with van der Waals surface area (Å²) in [6, 6.07) is 33.9. The van der Waals surface area contributed by atoms with E-state index in [0.29, 0.717) is 0 Å². The van der Waals surface area contributed by atoms with Gasteiger partial charge in [-0.2, -0.15) is 0 Å². The molecule has 0 amide bonds. The summed E-state index contributed by atoms with van der Waals surface area (Å²) in [6.45, 7) is -0.110. The second-order valence-corrected chi connectivity index (χ2v) is 10.2. The topological polar surface area (TPSA) is 144 Å². The summed E-state index contributed by atoms with van der Waals surface area (Å²) < 4.78 is 29.0. The van der Waals surface area contributed by atoms with Crippen molar-refractivity contribution in [2.75, 3.05) is 13.7 Å². The third-order valence-corrected chi connectivity index (χ3v) is 7.63. The number of ether oxygens (including phenoxy) is 5. The zero-order chi connectivity index (χ0) is 31.8. The third-order valence-electron chi connectivity index (χ3n) is 7.63. The first kappa shape index (κ1) is 31.5. The summed E-state index contributed by atoms with van der Waals surface area (Å²) in [5, 5.41) is 22.9. The maximum Gasteiger partial charge on any atom is 0.345 e. The van der Waals surface area contributed by atoms with Gasteiger partial charge in [-0.3, -0.25) is 14.9 Å². The molecule has 4 aromatic rings. The van der Waals surface area contributed by atoms with Crippen LogP contribution in [0.3, 0.4) is 0 Å². The summed E-state index contributed by atoms with van der Waals surface area (Å²) in [7, 11) is 1.28. The van der Waals surface area contributed by atoms with E-state index in [0.717, 1.165) is 22.8 Å². The van der Waals surface area contributed by atoms with E-state index in [9.17, 15) is 24.8 Å². The Kier molecular flexibility index (Phi) is 9.95. The van der Waals surface area contributed by atoms with Crippen molar-refractivity contribution in [1.29, 1.82) is 0 Å². The lowest BCUT2D eigenvalue weighted by Crippen LogP contribution is -2.61. The molecule has 1 heterocycles. The SMILES string of the molecule is CO[C@H]1O[C@H](COC(c2ccccc2)(c2ccccc2)c2ccccc2)[C@@H](O)[C@H](OC=O)[C@H]1OC(=O)c1ccccc1[N+](=O)[O-]. The second-order valence-electron chi connectivity index (χ2n) is 10.2. The van der Waals surface area contributed by atoms with E-state index in [1.807, 2.05) is 91.0 Å². The lowest BCUT2D eigenvalue weighted by molar-refractivity contribution is -0.385. The van der Waals surface area contributed by atoms with Gasteiger partial charge in [0.05, 0.1) is 11.5 Å². The molecule has 1 N–H and O–H groups in total. The molecule has 4 aromatic carbocycles. The van der Waals surface area contributed by atoms with Crippen LogP contribution in [0.2, 0.25) is 0 Å². The fourth-order valence-corrected chi connectivity index (χ4v) is 5.53. The minimum atomic E-state index is -1.55. The molecule has 232 valence electrons. The molecular weight excluding hydrogens is 582 g/mol. The van der Waals surface area contributed by atoms with Crippen LogP contribution in [0.1, 0.15) is 27.0 Å². The fraction of sp³-hybridized carbons (Fsp3) is 0.235. The smallest absolute Gasteiger partial charge is 0.345 e. The van der Waals surface area contributed by atoms with E-state index in [1.165, 1.54) is 25.3 Å². The molecule has 11 heteroatoms. The predicted molar refractivity (Wildman–Crippen MR) is 160 cm³/mol. The van der Waals surface area contributed by atoms with E-state index in [2.05, 4.69) is 0 Å². The summed E-state index contributed by atoms with van der Waals surface area (Å²) in [6.07, 6.45) is -6.94. The number of para-hydroxylation sites is 1. The molecule has 11 nitrogen and oxygen atoms in total. The van der Waals surface area contributed by atoms with Gasteiger partial charge in [0.2, 0.25) is 0 Å². The Morgan fingerprint density at radius 3 is 1.87 bits per heavy atom. The van der Waals surface area contributed by atoms with Crippen molar-refractivity contribution in [3.63, 3.8) is 0 Å². The number of esters is 1. The van der Waals surface area contributed by atoms with Crippen molar-refractivity contribution >= 4 is 18.1 Å². The first-order valence-corrected chi connectivity index (χ1v) is 14.1. The largest absolute Gasteiger partial charge is 0.458 e. The van der Waals surface area contributed by atoms with Crippen molar-refractivity contribution in [2.45, 2.75) is 36.3 Å².